The molecule has 0 spiro atoms. The maximum Gasteiger partial charge on any atom is 0.435 e. The molecule has 6 nitrogen and oxygen atoms in total. The topological polar surface area (TPSA) is 78.2 Å². The molecule has 1 atom stereocenters. The Morgan fingerprint density at radius 2 is 2.17 bits per heavy atom. The molecule has 0 saturated carbocycles. The van der Waals surface area contributed by atoms with E-state index in [1.807, 2.05) is 4.90 Å². The van der Waals surface area contributed by atoms with Crippen LogP contribution in [0.2, 0.25) is 5.02 Å². The highest BCUT2D eigenvalue weighted by molar-refractivity contribution is 6.31. The first-order chi connectivity index (χ1) is 13.6. The Bertz CT molecular complexity index is 852. The first-order valence-electron chi connectivity index (χ1n) is 8.96. The van der Waals surface area contributed by atoms with Gasteiger partial charge in [0.2, 0.25) is 0 Å². The number of likely N-dealkylation sites (tertiary alicyclic amines) is 1. The fraction of sp³-hybridized carbons (Fsp3) is 0.444. The van der Waals surface area contributed by atoms with Crippen LogP contribution in [0.5, 0.6) is 0 Å². The van der Waals surface area contributed by atoms with E-state index >= 15 is 0 Å². The number of carbonyl (C=O) groups excluding carboxylic acids is 1. The van der Waals surface area contributed by atoms with Gasteiger partial charge in [-0.3, -0.25) is 14.8 Å². The molecule has 3 N–H and O–H groups in total. The van der Waals surface area contributed by atoms with E-state index in [9.17, 15) is 22.4 Å². The Hall–Kier alpha value is -2.33. The summed E-state index contributed by atoms with van der Waals surface area (Å²) >= 11 is 6.19. The third-order valence-electron chi connectivity index (χ3n) is 4.79. The molecule has 11 heteroatoms. The van der Waals surface area contributed by atoms with Crippen molar-refractivity contribution in [2.45, 2.75) is 25.3 Å². The number of carbonyl (C=O) groups is 1. The SMILES string of the molecule is Nc1cccc(Cl)c1CN(CCN1CCC(F)C1)C(=O)c1cc(C(F)(F)F)n[nH]1. The summed E-state index contributed by atoms with van der Waals surface area (Å²) in [6.07, 6.45) is -5.17. The summed E-state index contributed by atoms with van der Waals surface area (Å²) in [5.74, 6) is -0.677. The van der Waals surface area contributed by atoms with Crippen LogP contribution >= 0.6 is 11.6 Å². The molecule has 1 amide bonds. The van der Waals surface area contributed by atoms with Crippen molar-refractivity contribution in [2.75, 3.05) is 31.9 Å². The zero-order valence-electron chi connectivity index (χ0n) is 15.3. The number of amides is 1. The van der Waals surface area contributed by atoms with Crippen LogP contribution in [0.1, 0.15) is 28.2 Å². The molecule has 2 aromatic rings. The Kier molecular flexibility index (Phi) is 6.33. The molecular formula is C18H20ClF4N5O. The number of hydrogen-bond donors (Lipinski definition) is 2. The Morgan fingerprint density at radius 1 is 1.41 bits per heavy atom. The largest absolute Gasteiger partial charge is 0.435 e. The van der Waals surface area contributed by atoms with Crippen molar-refractivity contribution >= 4 is 23.2 Å². The normalized spacial score (nSPS) is 17.6. The summed E-state index contributed by atoms with van der Waals surface area (Å²) in [5, 5.41) is 5.66. The van der Waals surface area contributed by atoms with Gasteiger partial charge < -0.3 is 10.6 Å². The molecule has 1 aromatic heterocycles. The fourth-order valence-electron chi connectivity index (χ4n) is 3.18. The van der Waals surface area contributed by atoms with E-state index < -0.39 is 23.9 Å². The van der Waals surface area contributed by atoms with Gasteiger partial charge in [-0.05, 0) is 18.6 Å². The molecule has 0 aliphatic carbocycles. The Morgan fingerprint density at radius 3 is 2.76 bits per heavy atom. The van der Waals surface area contributed by atoms with Crippen molar-refractivity contribution in [3.05, 3.63) is 46.2 Å². The summed E-state index contributed by atoms with van der Waals surface area (Å²) in [6.45, 7) is 1.35. The van der Waals surface area contributed by atoms with Gasteiger partial charge in [0, 0.05) is 55.1 Å². The molecule has 0 bridgehead atoms. The first-order valence-corrected chi connectivity index (χ1v) is 9.34. The fourth-order valence-corrected chi connectivity index (χ4v) is 3.42. The lowest BCUT2D eigenvalue weighted by Gasteiger charge is -2.26. The molecule has 158 valence electrons. The molecule has 2 heterocycles. The van der Waals surface area contributed by atoms with Gasteiger partial charge in [-0.25, -0.2) is 4.39 Å². The van der Waals surface area contributed by atoms with Gasteiger partial charge in [0.25, 0.3) is 5.91 Å². The lowest BCUT2D eigenvalue weighted by Crippen LogP contribution is -2.38. The predicted octanol–water partition coefficient (Wildman–Crippen LogP) is 3.35. The summed E-state index contributed by atoms with van der Waals surface area (Å²) in [7, 11) is 0. The van der Waals surface area contributed by atoms with Crippen molar-refractivity contribution in [1.82, 2.24) is 20.0 Å². The second-order valence-electron chi connectivity index (χ2n) is 6.89. The number of halogens is 5. The number of nitrogen functional groups attached to an aromatic ring is 1. The molecule has 1 saturated heterocycles. The number of H-pyrrole nitrogens is 1. The van der Waals surface area contributed by atoms with Crippen molar-refractivity contribution in [1.29, 1.82) is 0 Å². The minimum atomic E-state index is -4.67. The van der Waals surface area contributed by atoms with E-state index in [0.717, 1.165) is 0 Å². The van der Waals surface area contributed by atoms with Crippen molar-refractivity contribution in [3.8, 4) is 0 Å². The predicted molar refractivity (Wildman–Crippen MR) is 100 cm³/mol. The number of alkyl halides is 4. The van der Waals surface area contributed by atoms with E-state index in [0.29, 0.717) is 41.9 Å². The van der Waals surface area contributed by atoms with Gasteiger partial charge in [0.05, 0.1) is 0 Å². The number of aromatic nitrogens is 2. The van der Waals surface area contributed by atoms with Crippen LogP contribution in [-0.4, -0.2) is 58.3 Å². The van der Waals surface area contributed by atoms with Crippen LogP contribution in [0, 0.1) is 0 Å². The number of benzene rings is 1. The molecular weight excluding hydrogens is 414 g/mol. The number of hydrogen-bond acceptors (Lipinski definition) is 4. The summed E-state index contributed by atoms with van der Waals surface area (Å²) in [5.41, 5.74) is 5.32. The number of anilines is 1. The highest BCUT2D eigenvalue weighted by atomic mass is 35.5. The molecule has 1 aliphatic heterocycles. The molecule has 3 rings (SSSR count). The molecule has 0 radical (unpaired) electrons. The second-order valence-corrected chi connectivity index (χ2v) is 7.29. The van der Waals surface area contributed by atoms with Gasteiger partial charge in [-0.15, -0.1) is 0 Å². The average molecular weight is 434 g/mol. The van der Waals surface area contributed by atoms with Crippen LogP contribution in [0.4, 0.5) is 23.2 Å². The molecule has 1 fully saturated rings. The van der Waals surface area contributed by atoms with E-state index in [1.54, 1.807) is 18.2 Å². The standard InChI is InChI=1S/C18H20ClF4N5O/c19-13-2-1-3-14(24)12(13)10-28(7-6-27-5-4-11(20)9-27)17(29)15-8-16(26-25-15)18(21,22)23/h1-3,8,11H,4-7,9-10,24H2,(H,25,26). The van der Waals surface area contributed by atoms with Crippen molar-refractivity contribution in [2.24, 2.45) is 0 Å². The van der Waals surface area contributed by atoms with Gasteiger partial charge in [0.15, 0.2) is 5.69 Å². The Labute approximate surface area is 169 Å². The van der Waals surface area contributed by atoms with E-state index in [-0.39, 0.29) is 25.3 Å². The summed E-state index contributed by atoms with van der Waals surface area (Å²) in [4.78, 5) is 16.1. The highest BCUT2D eigenvalue weighted by Crippen LogP contribution is 2.29. The van der Waals surface area contributed by atoms with Crippen molar-refractivity contribution in [3.63, 3.8) is 0 Å². The summed E-state index contributed by atoms with van der Waals surface area (Å²) in [6, 6.07) is 5.56. The van der Waals surface area contributed by atoms with Crippen molar-refractivity contribution < 1.29 is 22.4 Å². The van der Waals surface area contributed by atoms with Gasteiger partial charge >= 0.3 is 6.18 Å². The first kappa shape index (κ1) is 21.4. The number of nitrogens with two attached hydrogens (primary N) is 1. The van der Waals surface area contributed by atoms with Gasteiger partial charge in [0.1, 0.15) is 11.9 Å². The monoisotopic (exact) mass is 433 g/mol. The van der Waals surface area contributed by atoms with Crippen LogP contribution in [0.25, 0.3) is 0 Å². The quantitative estimate of drug-likeness (QED) is 0.541. The van der Waals surface area contributed by atoms with Crippen LogP contribution in [0.3, 0.4) is 0 Å². The second kappa shape index (κ2) is 8.58. The zero-order valence-corrected chi connectivity index (χ0v) is 16.1. The summed E-state index contributed by atoms with van der Waals surface area (Å²) < 4.78 is 51.9. The van der Waals surface area contributed by atoms with E-state index in [4.69, 9.17) is 17.3 Å². The highest BCUT2D eigenvalue weighted by Gasteiger charge is 2.35. The van der Waals surface area contributed by atoms with E-state index in [1.165, 1.54) is 4.90 Å². The number of nitrogens with one attached hydrogen (secondary N) is 1. The van der Waals surface area contributed by atoms with Gasteiger partial charge in [-0.1, -0.05) is 17.7 Å². The zero-order chi connectivity index (χ0) is 21.2. The number of rotatable bonds is 6. The van der Waals surface area contributed by atoms with Gasteiger partial charge in [-0.2, -0.15) is 18.3 Å². The van der Waals surface area contributed by atoms with E-state index in [2.05, 4.69) is 10.2 Å². The van der Waals surface area contributed by atoms with Crippen LogP contribution in [0.15, 0.2) is 24.3 Å². The number of aromatic amines is 1. The Balaban J connectivity index is 1.81. The third-order valence-corrected chi connectivity index (χ3v) is 5.15. The lowest BCUT2D eigenvalue weighted by molar-refractivity contribution is -0.141. The lowest BCUT2D eigenvalue weighted by atomic mass is 10.1. The average Bonchev–Trinajstić information content (AvgIpc) is 3.29. The van der Waals surface area contributed by atoms with Crippen LogP contribution < -0.4 is 5.73 Å². The minimum Gasteiger partial charge on any atom is -0.398 e. The maximum atomic E-state index is 13.4. The minimum absolute atomic E-state index is 0.00238. The maximum absolute atomic E-state index is 13.4. The molecule has 1 aliphatic rings. The molecule has 1 unspecified atom stereocenters. The molecule has 1 aromatic carbocycles. The smallest absolute Gasteiger partial charge is 0.398 e. The van der Waals surface area contributed by atoms with Crippen LogP contribution in [-0.2, 0) is 12.7 Å². The number of nitrogens with zero attached hydrogens (tertiary/aromatic N) is 3. The third kappa shape index (κ3) is 5.18. The molecule has 29 heavy (non-hydrogen) atoms.